The number of carbonyl (C=O) groups excluding carboxylic acids is 2. The van der Waals surface area contributed by atoms with Crippen molar-refractivity contribution in [2.75, 3.05) is 24.8 Å². The van der Waals surface area contributed by atoms with E-state index in [-0.39, 0.29) is 25.7 Å². The second-order valence-corrected chi connectivity index (χ2v) is 6.27. The molecule has 0 aliphatic carbocycles. The minimum atomic E-state index is -0.519. The molecular formula is C20H19NO6. The standard InChI is InChI=1S/C20H19NO6/c1-2-24-15-5-3-14(4-6-15)21-11-13(9-19(21)22)20(23)27-16-7-8-17-18(10-16)26-12-25-17/h3-8,10,13H,2,9,11-12H2,1H3/t13-/m0/s1. The van der Waals surface area contributed by atoms with Gasteiger partial charge in [-0.05, 0) is 43.3 Å². The van der Waals surface area contributed by atoms with E-state index in [1.54, 1.807) is 23.1 Å². The van der Waals surface area contributed by atoms with Crippen LogP contribution in [-0.2, 0) is 9.59 Å². The SMILES string of the molecule is CCOc1ccc(N2C[C@@H](C(=O)Oc3ccc4c(c3)OCO4)CC2=O)cc1. The summed E-state index contributed by atoms with van der Waals surface area (Å²) in [5.41, 5.74) is 0.738. The van der Waals surface area contributed by atoms with Crippen LogP contribution in [0.3, 0.4) is 0 Å². The number of carbonyl (C=O) groups is 2. The Bertz CT molecular complexity index is 863. The zero-order valence-corrected chi connectivity index (χ0v) is 14.8. The summed E-state index contributed by atoms with van der Waals surface area (Å²) in [7, 11) is 0. The highest BCUT2D eigenvalue weighted by molar-refractivity contribution is 5.99. The van der Waals surface area contributed by atoms with E-state index in [0.717, 1.165) is 11.4 Å². The molecule has 0 bridgehead atoms. The van der Waals surface area contributed by atoms with Gasteiger partial charge in [-0.3, -0.25) is 9.59 Å². The molecule has 4 rings (SSSR count). The fraction of sp³-hybridized carbons (Fsp3) is 0.300. The second kappa shape index (κ2) is 7.19. The van der Waals surface area contributed by atoms with Crippen molar-refractivity contribution in [2.24, 2.45) is 5.92 Å². The van der Waals surface area contributed by atoms with Crippen molar-refractivity contribution in [1.82, 2.24) is 0 Å². The summed E-state index contributed by atoms with van der Waals surface area (Å²) in [6.45, 7) is 2.93. The lowest BCUT2D eigenvalue weighted by Gasteiger charge is -2.17. The number of benzene rings is 2. The maximum absolute atomic E-state index is 12.5. The number of hydrogen-bond acceptors (Lipinski definition) is 6. The highest BCUT2D eigenvalue weighted by atomic mass is 16.7. The van der Waals surface area contributed by atoms with Gasteiger partial charge < -0.3 is 23.8 Å². The predicted octanol–water partition coefficient (Wildman–Crippen LogP) is 2.77. The van der Waals surface area contributed by atoms with Crippen molar-refractivity contribution in [1.29, 1.82) is 0 Å². The highest BCUT2D eigenvalue weighted by Gasteiger charge is 2.36. The van der Waals surface area contributed by atoms with Crippen LogP contribution in [0.15, 0.2) is 42.5 Å². The lowest BCUT2D eigenvalue weighted by Crippen LogP contribution is -2.27. The Balaban J connectivity index is 1.41. The van der Waals surface area contributed by atoms with Gasteiger partial charge in [0.1, 0.15) is 11.5 Å². The molecule has 1 fully saturated rings. The molecule has 0 unspecified atom stereocenters. The van der Waals surface area contributed by atoms with Crippen molar-refractivity contribution < 1.29 is 28.5 Å². The van der Waals surface area contributed by atoms with Gasteiger partial charge in [0.15, 0.2) is 11.5 Å². The van der Waals surface area contributed by atoms with Gasteiger partial charge in [0.2, 0.25) is 12.7 Å². The monoisotopic (exact) mass is 369 g/mol. The van der Waals surface area contributed by atoms with Gasteiger partial charge in [-0.25, -0.2) is 0 Å². The Hall–Kier alpha value is -3.22. The van der Waals surface area contributed by atoms with Crippen LogP contribution in [0.1, 0.15) is 13.3 Å². The average molecular weight is 369 g/mol. The molecule has 2 aliphatic rings. The van der Waals surface area contributed by atoms with Crippen molar-refractivity contribution in [3.63, 3.8) is 0 Å². The first kappa shape index (κ1) is 17.2. The fourth-order valence-corrected chi connectivity index (χ4v) is 3.14. The molecule has 1 saturated heterocycles. The Kier molecular flexibility index (Phi) is 4.58. The zero-order valence-electron chi connectivity index (χ0n) is 14.8. The molecule has 2 aliphatic heterocycles. The summed E-state index contributed by atoms with van der Waals surface area (Å²) in [6.07, 6.45) is 0.122. The summed E-state index contributed by atoms with van der Waals surface area (Å²) in [5, 5.41) is 0. The van der Waals surface area contributed by atoms with E-state index in [0.29, 0.717) is 23.9 Å². The number of anilines is 1. The van der Waals surface area contributed by atoms with E-state index in [4.69, 9.17) is 18.9 Å². The van der Waals surface area contributed by atoms with E-state index in [1.165, 1.54) is 0 Å². The Morgan fingerprint density at radius 3 is 2.63 bits per heavy atom. The van der Waals surface area contributed by atoms with Gasteiger partial charge in [0.05, 0.1) is 12.5 Å². The van der Waals surface area contributed by atoms with Gasteiger partial charge in [-0.15, -0.1) is 0 Å². The van der Waals surface area contributed by atoms with Crippen molar-refractivity contribution in [3.05, 3.63) is 42.5 Å². The number of esters is 1. The normalized spacial score (nSPS) is 17.9. The summed E-state index contributed by atoms with van der Waals surface area (Å²) in [5.74, 6) is 1.21. The number of nitrogens with zero attached hydrogens (tertiary/aromatic N) is 1. The maximum atomic E-state index is 12.5. The highest BCUT2D eigenvalue weighted by Crippen LogP contribution is 2.35. The summed E-state index contributed by atoms with van der Waals surface area (Å²) in [4.78, 5) is 26.4. The number of ether oxygens (including phenoxy) is 4. The third-order valence-corrected chi connectivity index (χ3v) is 4.48. The molecule has 0 saturated carbocycles. The fourth-order valence-electron chi connectivity index (χ4n) is 3.14. The lowest BCUT2D eigenvalue weighted by molar-refractivity contribution is -0.139. The molecule has 0 radical (unpaired) electrons. The van der Waals surface area contributed by atoms with Crippen LogP contribution in [0.2, 0.25) is 0 Å². The van der Waals surface area contributed by atoms with Crippen LogP contribution in [0.5, 0.6) is 23.0 Å². The van der Waals surface area contributed by atoms with E-state index in [9.17, 15) is 9.59 Å². The summed E-state index contributed by atoms with van der Waals surface area (Å²) >= 11 is 0. The summed E-state index contributed by atoms with van der Waals surface area (Å²) in [6, 6.07) is 12.2. The van der Waals surface area contributed by atoms with Crippen molar-refractivity contribution in [3.8, 4) is 23.0 Å². The van der Waals surface area contributed by atoms with Crippen LogP contribution in [0, 0.1) is 5.92 Å². The molecule has 2 aromatic carbocycles. The molecule has 0 aromatic heterocycles. The van der Waals surface area contributed by atoms with Gasteiger partial charge in [0.25, 0.3) is 0 Å². The number of fused-ring (bicyclic) bond motifs is 1. The third kappa shape index (κ3) is 3.53. The minimum Gasteiger partial charge on any atom is -0.494 e. The first-order valence-electron chi connectivity index (χ1n) is 8.78. The molecule has 7 nitrogen and oxygen atoms in total. The maximum Gasteiger partial charge on any atom is 0.316 e. The number of rotatable bonds is 5. The Morgan fingerprint density at radius 1 is 1.11 bits per heavy atom. The second-order valence-electron chi connectivity index (χ2n) is 6.27. The molecule has 140 valence electrons. The topological polar surface area (TPSA) is 74.3 Å². The van der Waals surface area contributed by atoms with Gasteiger partial charge in [0, 0.05) is 24.7 Å². The number of amides is 1. The Morgan fingerprint density at radius 2 is 1.85 bits per heavy atom. The first-order valence-corrected chi connectivity index (χ1v) is 8.78. The quantitative estimate of drug-likeness (QED) is 0.596. The minimum absolute atomic E-state index is 0.105. The molecule has 2 aromatic rings. The molecule has 2 heterocycles. The van der Waals surface area contributed by atoms with Gasteiger partial charge >= 0.3 is 5.97 Å². The van der Waals surface area contributed by atoms with E-state index in [2.05, 4.69) is 0 Å². The van der Waals surface area contributed by atoms with E-state index >= 15 is 0 Å². The van der Waals surface area contributed by atoms with Crippen LogP contribution in [0.4, 0.5) is 5.69 Å². The third-order valence-electron chi connectivity index (χ3n) is 4.48. The zero-order chi connectivity index (χ0) is 18.8. The molecule has 0 spiro atoms. The Labute approximate surface area is 156 Å². The predicted molar refractivity (Wildman–Crippen MR) is 96.3 cm³/mol. The van der Waals surface area contributed by atoms with Crippen molar-refractivity contribution in [2.45, 2.75) is 13.3 Å². The average Bonchev–Trinajstić information content (AvgIpc) is 3.29. The molecule has 1 amide bonds. The number of hydrogen-bond donors (Lipinski definition) is 0. The molecular weight excluding hydrogens is 350 g/mol. The van der Waals surface area contributed by atoms with E-state index < -0.39 is 11.9 Å². The lowest BCUT2D eigenvalue weighted by atomic mass is 10.1. The van der Waals surface area contributed by atoms with E-state index in [1.807, 2.05) is 31.2 Å². The molecule has 27 heavy (non-hydrogen) atoms. The van der Waals surface area contributed by atoms with Crippen molar-refractivity contribution >= 4 is 17.6 Å². The van der Waals surface area contributed by atoms with Gasteiger partial charge in [-0.1, -0.05) is 0 Å². The van der Waals surface area contributed by atoms with Crippen LogP contribution >= 0.6 is 0 Å². The molecule has 0 N–H and O–H groups in total. The summed E-state index contributed by atoms with van der Waals surface area (Å²) < 4.78 is 21.4. The van der Waals surface area contributed by atoms with Crippen LogP contribution < -0.4 is 23.8 Å². The molecule has 1 atom stereocenters. The van der Waals surface area contributed by atoms with Gasteiger partial charge in [-0.2, -0.15) is 0 Å². The van der Waals surface area contributed by atoms with Crippen LogP contribution in [0.25, 0.3) is 0 Å². The first-order chi connectivity index (χ1) is 13.1. The largest absolute Gasteiger partial charge is 0.494 e. The van der Waals surface area contributed by atoms with Crippen LogP contribution in [-0.4, -0.2) is 31.8 Å². The smallest absolute Gasteiger partial charge is 0.316 e. The molecule has 7 heteroatoms.